The Labute approximate surface area is 162 Å². The van der Waals surface area contributed by atoms with Gasteiger partial charge in [0.1, 0.15) is 11.3 Å². The molecule has 3 rings (SSSR count). The van der Waals surface area contributed by atoms with Gasteiger partial charge in [-0.25, -0.2) is 4.79 Å². The summed E-state index contributed by atoms with van der Waals surface area (Å²) in [5.41, 5.74) is 1.59. The highest BCUT2D eigenvalue weighted by Gasteiger charge is 2.34. The molecule has 2 aromatic rings. The van der Waals surface area contributed by atoms with Crippen LogP contribution in [0.25, 0.3) is 6.08 Å². The second-order valence-corrected chi connectivity index (χ2v) is 6.79. The summed E-state index contributed by atoms with van der Waals surface area (Å²) in [5.74, 6) is -0.539. The number of rotatable bonds is 6. The Morgan fingerprint density at radius 1 is 1.36 bits per heavy atom. The molecule has 0 radical (unpaired) electrons. The van der Waals surface area contributed by atoms with E-state index in [1.165, 1.54) is 25.3 Å². The van der Waals surface area contributed by atoms with Crippen LogP contribution in [-0.4, -0.2) is 29.7 Å². The molecule has 0 heterocycles. The number of esters is 1. The largest absolute Gasteiger partial charge is 0.466 e. The normalized spacial score (nSPS) is 18.5. The summed E-state index contributed by atoms with van der Waals surface area (Å²) in [7, 11) is 1.26. The van der Waals surface area contributed by atoms with E-state index < -0.39 is 16.5 Å². The number of carbonyl (C=O) groups is 1. The third-order valence-electron chi connectivity index (χ3n) is 4.96. The monoisotopic (exact) mass is 382 g/mol. The van der Waals surface area contributed by atoms with Gasteiger partial charge in [-0.3, -0.25) is 10.1 Å². The molecule has 7 nitrogen and oxygen atoms in total. The molecule has 0 saturated heterocycles. The molecule has 0 saturated carbocycles. The number of benzene rings is 2. The SMILES string of the molecule is COC(=O)/C=C/c1ccc(NCC2(O)CCCc3ccccc32)c([N+](=O)[O-])c1. The minimum atomic E-state index is -1.08. The summed E-state index contributed by atoms with van der Waals surface area (Å²) in [5, 5.41) is 25.7. The Bertz CT molecular complexity index is 925. The topological polar surface area (TPSA) is 102 Å². The van der Waals surface area contributed by atoms with Crippen LogP contribution in [0.1, 0.15) is 29.5 Å². The zero-order valence-corrected chi connectivity index (χ0v) is 15.6. The lowest BCUT2D eigenvalue weighted by Crippen LogP contribution is -2.37. The van der Waals surface area contributed by atoms with E-state index in [4.69, 9.17) is 0 Å². The second kappa shape index (κ2) is 8.22. The highest BCUT2D eigenvalue weighted by atomic mass is 16.6. The van der Waals surface area contributed by atoms with Crippen molar-refractivity contribution < 1.29 is 19.6 Å². The van der Waals surface area contributed by atoms with Crippen LogP contribution in [0.4, 0.5) is 11.4 Å². The van der Waals surface area contributed by atoms with E-state index in [1.54, 1.807) is 12.1 Å². The molecule has 2 aromatic carbocycles. The van der Waals surface area contributed by atoms with Crippen LogP contribution in [0.15, 0.2) is 48.5 Å². The maximum atomic E-state index is 11.5. The van der Waals surface area contributed by atoms with Crippen LogP contribution >= 0.6 is 0 Å². The van der Waals surface area contributed by atoms with Gasteiger partial charge in [-0.05, 0) is 48.1 Å². The number of nitro benzene ring substituents is 1. The maximum Gasteiger partial charge on any atom is 0.330 e. The second-order valence-electron chi connectivity index (χ2n) is 6.79. The average Bonchev–Trinajstić information content (AvgIpc) is 2.71. The summed E-state index contributed by atoms with van der Waals surface area (Å²) < 4.78 is 4.52. The summed E-state index contributed by atoms with van der Waals surface area (Å²) in [4.78, 5) is 22.2. The Morgan fingerprint density at radius 2 is 2.14 bits per heavy atom. The molecule has 0 amide bonds. The van der Waals surface area contributed by atoms with Crippen molar-refractivity contribution in [1.82, 2.24) is 0 Å². The number of hydrogen-bond donors (Lipinski definition) is 2. The molecule has 0 bridgehead atoms. The molecule has 2 N–H and O–H groups in total. The zero-order chi connectivity index (χ0) is 20.1. The van der Waals surface area contributed by atoms with Gasteiger partial charge in [0, 0.05) is 18.7 Å². The summed E-state index contributed by atoms with van der Waals surface area (Å²) in [6, 6.07) is 12.4. The van der Waals surface area contributed by atoms with E-state index in [0.717, 1.165) is 24.0 Å². The standard InChI is InChI=1S/C21H22N2O5/c1-28-20(24)11-9-15-8-10-18(19(13-15)23(26)27)22-14-21(25)12-4-6-16-5-2-3-7-17(16)21/h2-3,5,7-11,13,22,25H,4,6,12,14H2,1H3/b11-9+. The van der Waals surface area contributed by atoms with Crippen molar-refractivity contribution in [3.8, 4) is 0 Å². The first kappa shape index (κ1) is 19.6. The minimum Gasteiger partial charge on any atom is -0.466 e. The van der Waals surface area contributed by atoms with Crippen molar-refractivity contribution >= 4 is 23.4 Å². The first-order valence-electron chi connectivity index (χ1n) is 9.02. The number of aryl methyl sites for hydroxylation is 1. The van der Waals surface area contributed by atoms with E-state index in [0.29, 0.717) is 17.7 Å². The van der Waals surface area contributed by atoms with Gasteiger partial charge < -0.3 is 15.2 Å². The smallest absolute Gasteiger partial charge is 0.330 e. The predicted octanol–water partition coefficient (Wildman–Crippen LogP) is 3.42. The molecule has 1 aliphatic rings. The van der Waals surface area contributed by atoms with Crippen molar-refractivity contribution in [3.05, 3.63) is 75.3 Å². The van der Waals surface area contributed by atoms with Gasteiger partial charge >= 0.3 is 5.97 Å². The number of anilines is 1. The van der Waals surface area contributed by atoms with Crippen molar-refractivity contribution in [2.24, 2.45) is 0 Å². The van der Waals surface area contributed by atoms with Gasteiger partial charge in [0.2, 0.25) is 0 Å². The fourth-order valence-corrected chi connectivity index (χ4v) is 3.51. The van der Waals surface area contributed by atoms with Crippen molar-refractivity contribution in [2.75, 3.05) is 19.0 Å². The molecular formula is C21H22N2O5. The predicted molar refractivity (Wildman–Crippen MR) is 106 cm³/mol. The van der Waals surface area contributed by atoms with Crippen LogP contribution in [-0.2, 0) is 21.6 Å². The fraction of sp³-hybridized carbons (Fsp3) is 0.286. The van der Waals surface area contributed by atoms with Crippen LogP contribution < -0.4 is 5.32 Å². The first-order valence-corrected chi connectivity index (χ1v) is 9.02. The highest BCUT2D eigenvalue weighted by molar-refractivity contribution is 5.87. The molecule has 0 aliphatic heterocycles. The lowest BCUT2D eigenvalue weighted by Gasteiger charge is -2.35. The van der Waals surface area contributed by atoms with Gasteiger partial charge in [0.15, 0.2) is 0 Å². The summed E-state index contributed by atoms with van der Waals surface area (Å²) >= 11 is 0. The number of nitro groups is 1. The van der Waals surface area contributed by atoms with Crippen LogP contribution in [0.2, 0.25) is 0 Å². The van der Waals surface area contributed by atoms with E-state index >= 15 is 0 Å². The number of carbonyl (C=O) groups excluding carboxylic acids is 1. The number of methoxy groups -OCH3 is 1. The van der Waals surface area contributed by atoms with Crippen molar-refractivity contribution in [1.29, 1.82) is 0 Å². The minimum absolute atomic E-state index is 0.125. The van der Waals surface area contributed by atoms with E-state index in [9.17, 15) is 20.0 Å². The third kappa shape index (κ3) is 4.20. The zero-order valence-electron chi connectivity index (χ0n) is 15.6. The first-order chi connectivity index (χ1) is 13.4. The Balaban J connectivity index is 1.82. The average molecular weight is 382 g/mol. The Morgan fingerprint density at radius 3 is 2.89 bits per heavy atom. The number of nitrogens with zero attached hydrogens (tertiary/aromatic N) is 1. The molecule has 28 heavy (non-hydrogen) atoms. The molecule has 1 aliphatic carbocycles. The number of ether oxygens (including phenoxy) is 1. The number of hydrogen-bond acceptors (Lipinski definition) is 6. The summed E-state index contributed by atoms with van der Waals surface area (Å²) in [6.45, 7) is 0.169. The van der Waals surface area contributed by atoms with E-state index in [1.807, 2.05) is 24.3 Å². The Kier molecular flexibility index (Phi) is 5.75. The molecule has 146 valence electrons. The van der Waals surface area contributed by atoms with Gasteiger partial charge in [-0.1, -0.05) is 30.3 Å². The quantitative estimate of drug-likeness (QED) is 0.344. The summed E-state index contributed by atoms with van der Waals surface area (Å²) in [6.07, 6.45) is 5.01. The fourth-order valence-electron chi connectivity index (χ4n) is 3.51. The number of fused-ring (bicyclic) bond motifs is 1. The van der Waals surface area contributed by atoms with Crippen LogP contribution in [0, 0.1) is 10.1 Å². The van der Waals surface area contributed by atoms with Gasteiger partial charge in [-0.2, -0.15) is 0 Å². The molecule has 7 heteroatoms. The molecule has 0 aromatic heterocycles. The Hall–Kier alpha value is -3.19. The molecular weight excluding hydrogens is 360 g/mol. The van der Waals surface area contributed by atoms with Gasteiger partial charge in [0.25, 0.3) is 5.69 Å². The van der Waals surface area contributed by atoms with Crippen LogP contribution in [0.3, 0.4) is 0 Å². The molecule has 1 atom stereocenters. The number of nitrogens with one attached hydrogen (secondary N) is 1. The van der Waals surface area contributed by atoms with Gasteiger partial charge in [-0.15, -0.1) is 0 Å². The lowest BCUT2D eigenvalue weighted by atomic mass is 9.79. The van der Waals surface area contributed by atoms with Crippen molar-refractivity contribution in [2.45, 2.75) is 24.9 Å². The van der Waals surface area contributed by atoms with E-state index in [-0.39, 0.29) is 12.2 Å². The lowest BCUT2D eigenvalue weighted by molar-refractivity contribution is -0.384. The van der Waals surface area contributed by atoms with Crippen LogP contribution in [0.5, 0.6) is 0 Å². The molecule has 1 unspecified atom stereocenters. The third-order valence-corrected chi connectivity index (χ3v) is 4.96. The van der Waals surface area contributed by atoms with E-state index in [2.05, 4.69) is 10.1 Å². The molecule has 0 fully saturated rings. The maximum absolute atomic E-state index is 11.5. The molecule has 0 spiro atoms. The van der Waals surface area contributed by atoms with Gasteiger partial charge in [0.05, 0.1) is 12.0 Å². The highest BCUT2D eigenvalue weighted by Crippen LogP contribution is 2.36. The van der Waals surface area contributed by atoms with Crippen molar-refractivity contribution in [3.63, 3.8) is 0 Å². The number of aliphatic hydroxyl groups is 1.